The SMILES string of the molecule is Cc1noc(CSc2nnnn2CCNC(C)C)n1. The first-order valence-corrected chi connectivity index (χ1v) is 7.05. The van der Waals surface area contributed by atoms with E-state index in [2.05, 4.69) is 44.8 Å². The van der Waals surface area contributed by atoms with Crippen LogP contribution in [0.5, 0.6) is 0 Å². The Morgan fingerprint density at radius 1 is 1.42 bits per heavy atom. The van der Waals surface area contributed by atoms with E-state index in [1.807, 2.05) is 0 Å². The van der Waals surface area contributed by atoms with Crippen molar-refractivity contribution in [2.45, 2.75) is 44.3 Å². The lowest BCUT2D eigenvalue weighted by Gasteiger charge is -2.08. The molecule has 0 fully saturated rings. The molecular formula is C10H17N7OS. The van der Waals surface area contributed by atoms with E-state index >= 15 is 0 Å². The van der Waals surface area contributed by atoms with Crippen molar-refractivity contribution in [3.8, 4) is 0 Å². The Labute approximate surface area is 115 Å². The zero-order chi connectivity index (χ0) is 13.7. The van der Waals surface area contributed by atoms with Gasteiger partial charge in [-0.15, -0.1) is 5.10 Å². The number of nitrogens with one attached hydrogen (secondary N) is 1. The van der Waals surface area contributed by atoms with Crippen LogP contribution in [0.3, 0.4) is 0 Å². The van der Waals surface area contributed by atoms with Gasteiger partial charge in [-0.3, -0.25) is 0 Å². The van der Waals surface area contributed by atoms with E-state index in [0.29, 0.717) is 23.5 Å². The van der Waals surface area contributed by atoms with Gasteiger partial charge >= 0.3 is 0 Å². The average Bonchev–Trinajstić information content (AvgIpc) is 2.95. The highest BCUT2D eigenvalue weighted by molar-refractivity contribution is 7.98. The van der Waals surface area contributed by atoms with Crippen LogP contribution >= 0.6 is 11.8 Å². The van der Waals surface area contributed by atoms with Crippen molar-refractivity contribution >= 4 is 11.8 Å². The molecule has 9 heteroatoms. The minimum absolute atomic E-state index is 0.453. The molecular weight excluding hydrogens is 266 g/mol. The van der Waals surface area contributed by atoms with E-state index in [-0.39, 0.29) is 0 Å². The Kier molecular flexibility index (Phi) is 4.86. The summed E-state index contributed by atoms with van der Waals surface area (Å²) in [6, 6.07) is 0.453. The number of tetrazole rings is 1. The topological polar surface area (TPSA) is 94.5 Å². The summed E-state index contributed by atoms with van der Waals surface area (Å²) in [7, 11) is 0. The molecule has 0 radical (unpaired) electrons. The Bertz CT molecular complexity index is 509. The Balaban J connectivity index is 1.85. The summed E-state index contributed by atoms with van der Waals surface area (Å²) in [6.07, 6.45) is 0. The van der Waals surface area contributed by atoms with Gasteiger partial charge in [0.25, 0.3) is 0 Å². The molecule has 0 unspecified atom stereocenters. The van der Waals surface area contributed by atoms with Crippen LogP contribution in [-0.2, 0) is 12.3 Å². The van der Waals surface area contributed by atoms with Crippen LogP contribution in [0.25, 0.3) is 0 Å². The molecule has 8 nitrogen and oxygen atoms in total. The molecule has 2 aromatic rings. The van der Waals surface area contributed by atoms with Gasteiger partial charge in [0.2, 0.25) is 11.0 Å². The standard InChI is InChI=1S/C10H17N7OS/c1-7(2)11-4-5-17-10(13-15-16-17)19-6-9-12-8(3)14-18-9/h7,11H,4-6H2,1-3H3. The van der Waals surface area contributed by atoms with Crippen LogP contribution in [0, 0.1) is 6.92 Å². The zero-order valence-electron chi connectivity index (χ0n) is 11.2. The minimum atomic E-state index is 0.453. The molecule has 0 aliphatic heterocycles. The molecule has 104 valence electrons. The van der Waals surface area contributed by atoms with Crippen LogP contribution in [0.15, 0.2) is 9.68 Å². The van der Waals surface area contributed by atoms with Crippen LogP contribution in [0.1, 0.15) is 25.6 Å². The third-order valence-corrected chi connectivity index (χ3v) is 3.21. The second kappa shape index (κ2) is 6.62. The van der Waals surface area contributed by atoms with E-state index in [4.69, 9.17) is 4.52 Å². The minimum Gasteiger partial charge on any atom is -0.338 e. The Morgan fingerprint density at radius 3 is 2.95 bits per heavy atom. The first kappa shape index (κ1) is 13.9. The monoisotopic (exact) mass is 283 g/mol. The average molecular weight is 283 g/mol. The lowest BCUT2D eigenvalue weighted by molar-refractivity contribution is 0.386. The summed E-state index contributed by atoms with van der Waals surface area (Å²) >= 11 is 1.48. The maximum atomic E-state index is 5.04. The van der Waals surface area contributed by atoms with Gasteiger partial charge in [0, 0.05) is 12.6 Å². The maximum Gasteiger partial charge on any atom is 0.237 e. The largest absolute Gasteiger partial charge is 0.338 e. The molecule has 1 N–H and O–H groups in total. The first-order valence-electron chi connectivity index (χ1n) is 6.06. The lowest BCUT2D eigenvalue weighted by atomic mass is 10.4. The van der Waals surface area contributed by atoms with Gasteiger partial charge < -0.3 is 9.84 Å². The predicted octanol–water partition coefficient (Wildman–Crippen LogP) is 0.655. The summed E-state index contributed by atoms with van der Waals surface area (Å²) in [4.78, 5) is 4.14. The lowest BCUT2D eigenvalue weighted by Crippen LogP contribution is -2.27. The molecule has 0 bridgehead atoms. The van der Waals surface area contributed by atoms with Crippen molar-refractivity contribution in [3.05, 3.63) is 11.7 Å². The number of rotatable bonds is 7. The van der Waals surface area contributed by atoms with E-state index in [1.54, 1.807) is 11.6 Å². The van der Waals surface area contributed by atoms with Crippen molar-refractivity contribution in [2.24, 2.45) is 0 Å². The normalized spacial score (nSPS) is 11.4. The van der Waals surface area contributed by atoms with Gasteiger partial charge in [-0.25, -0.2) is 4.68 Å². The van der Waals surface area contributed by atoms with Gasteiger partial charge in [-0.05, 0) is 17.4 Å². The fourth-order valence-corrected chi connectivity index (χ4v) is 2.17. The number of aromatic nitrogens is 6. The molecule has 0 aromatic carbocycles. The molecule has 0 amide bonds. The summed E-state index contributed by atoms with van der Waals surface area (Å²) in [5.74, 6) is 1.78. The summed E-state index contributed by atoms with van der Waals surface area (Å²) in [5.41, 5.74) is 0. The van der Waals surface area contributed by atoms with E-state index in [9.17, 15) is 0 Å². The second-order valence-electron chi connectivity index (χ2n) is 4.32. The van der Waals surface area contributed by atoms with Crippen molar-refractivity contribution < 1.29 is 4.52 Å². The molecule has 0 saturated heterocycles. The third kappa shape index (κ3) is 4.28. The van der Waals surface area contributed by atoms with Crippen LogP contribution in [-0.4, -0.2) is 42.9 Å². The number of thioether (sulfide) groups is 1. The number of hydrogen-bond donors (Lipinski definition) is 1. The molecule has 0 atom stereocenters. The van der Waals surface area contributed by atoms with E-state index in [1.165, 1.54) is 11.8 Å². The fourth-order valence-electron chi connectivity index (χ4n) is 1.42. The van der Waals surface area contributed by atoms with Gasteiger partial charge in [0.05, 0.1) is 12.3 Å². The molecule has 2 heterocycles. The van der Waals surface area contributed by atoms with Crippen molar-refractivity contribution in [1.82, 2.24) is 35.7 Å². The molecule has 2 aromatic heterocycles. The summed E-state index contributed by atoms with van der Waals surface area (Å²) in [5, 5.41) is 19.4. The third-order valence-electron chi connectivity index (χ3n) is 2.27. The molecule has 0 aliphatic rings. The molecule has 0 aliphatic carbocycles. The Hall–Kier alpha value is -1.48. The predicted molar refractivity (Wildman–Crippen MR) is 69.6 cm³/mol. The van der Waals surface area contributed by atoms with E-state index in [0.717, 1.165) is 18.2 Å². The molecule has 0 spiro atoms. The van der Waals surface area contributed by atoms with Crippen molar-refractivity contribution in [1.29, 1.82) is 0 Å². The molecule has 19 heavy (non-hydrogen) atoms. The first-order chi connectivity index (χ1) is 9.15. The maximum absolute atomic E-state index is 5.04. The zero-order valence-corrected chi connectivity index (χ0v) is 12.0. The van der Waals surface area contributed by atoms with Gasteiger partial charge in [-0.2, -0.15) is 4.98 Å². The highest BCUT2D eigenvalue weighted by atomic mass is 32.2. The summed E-state index contributed by atoms with van der Waals surface area (Å²) < 4.78 is 6.81. The van der Waals surface area contributed by atoms with Gasteiger partial charge in [-0.1, -0.05) is 30.8 Å². The Morgan fingerprint density at radius 2 is 2.26 bits per heavy atom. The van der Waals surface area contributed by atoms with Crippen molar-refractivity contribution in [3.63, 3.8) is 0 Å². The second-order valence-corrected chi connectivity index (χ2v) is 5.26. The number of nitrogens with zero attached hydrogens (tertiary/aromatic N) is 6. The highest BCUT2D eigenvalue weighted by Crippen LogP contribution is 2.18. The van der Waals surface area contributed by atoms with Gasteiger partial charge in [0.15, 0.2) is 5.82 Å². The number of aryl methyl sites for hydroxylation is 1. The van der Waals surface area contributed by atoms with Crippen LogP contribution in [0.4, 0.5) is 0 Å². The van der Waals surface area contributed by atoms with E-state index < -0.39 is 0 Å². The number of hydrogen-bond acceptors (Lipinski definition) is 8. The molecule has 2 rings (SSSR count). The van der Waals surface area contributed by atoms with Crippen molar-refractivity contribution in [2.75, 3.05) is 6.54 Å². The fraction of sp³-hybridized carbons (Fsp3) is 0.700. The van der Waals surface area contributed by atoms with Gasteiger partial charge in [0.1, 0.15) is 0 Å². The quantitative estimate of drug-likeness (QED) is 0.740. The smallest absolute Gasteiger partial charge is 0.237 e. The highest BCUT2D eigenvalue weighted by Gasteiger charge is 2.10. The molecule has 0 saturated carbocycles. The van der Waals surface area contributed by atoms with Crippen LogP contribution < -0.4 is 5.32 Å². The van der Waals surface area contributed by atoms with Crippen LogP contribution in [0.2, 0.25) is 0 Å². The summed E-state index contributed by atoms with van der Waals surface area (Å²) in [6.45, 7) is 7.56.